The molecule has 0 aliphatic heterocycles. The van der Waals surface area contributed by atoms with Gasteiger partial charge in [-0.05, 0) is 37.0 Å². The molecule has 0 spiro atoms. The molecule has 0 radical (unpaired) electrons. The average molecular weight is 399 g/mol. The SMILES string of the molecule is Cc1nc2ncnn2c(C)c1CCC(=O)NCC(c1ccccc1)c1ccccc1. The van der Waals surface area contributed by atoms with Gasteiger partial charge in [0, 0.05) is 30.3 Å². The van der Waals surface area contributed by atoms with E-state index in [1.165, 1.54) is 17.5 Å². The number of aryl methyl sites for hydroxylation is 2. The molecule has 2 aromatic carbocycles. The lowest BCUT2D eigenvalue weighted by molar-refractivity contribution is -0.121. The third-order valence-corrected chi connectivity index (χ3v) is 5.50. The second-order valence-corrected chi connectivity index (χ2v) is 7.41. The van der Waals surface area contributed by atoms with E-state index in [2.05, 4.69) is 44.6 Å². The van der Waals surface area contributed by atoms with Crippen molar-refractivity contribution in [1.82, 2.24) is 24.9 Å². The normalized spacial score (nSPS) is 11.2. The second kappa shape index (κ2) is 8.86. The summed E-state index contributed by atoms with van der Waals surface area (Å²) in [6.07, 6.45) is 2.52. The van der Waals surface area contributed by atoms with Gasteiger partial charge in [-0.25, -0.2) is 9.50 Å². The van der Waals surface area contributed by atoms with Crippen molar-refractivity contribution in [2.24, 2.45) is 0 Å². The van der Waals surface area contributed by atoms with Crippen molar-refractivity contribution in [3.05, 3.63) is 95.1 Å². The van der Waals surface area contributed by atoms with Crippen LogP contribution < -0.4 is 5.32 Å². The van der Waals surface area contributed by atoms with Crippen LogP contribution >= 0.6 is 0 Å². The number of hydrogen-bond acceptors (Lipinski definition) is 4. The fraction of sp³-hybridized carbons (Fsp3) is 0.250. The molecule has 6 heteroatoms. The van der Waals surface area contributed by atoms with E-state index in [-0.39, 0.29) is 11.8 Å². The highest BCUT2D eigenvalue weighted by Gasteiger charge is 2.16. The number of carbonyl (C=O) groups is 1. The van der Waals surface area contributed by atoms with E-state index < -0.39 is 0 Å². The number of aromatic nitrogens is 4. The van der Waals surface area contributed by atoms with E-state index >= 15 is 0 Å². The maximum Gasteiger partial charge on any atom is 0.252 e. The fourth-order valence-corrected chi connectivity index (χ4v) is 3.86. The average Bonchev–Trinajstić information content (AvgIpc) is 3.24. The quantitative estimate of drug-likeness (QED) is 0.515. The van der Waals surface area contributed by atoms with Gasteiger partial charge in [-0.3, -0.25) is 4.79 Å². The first kappa shape index (κ1) is 19.8. The van der Waals surface area contributed by atoms with Gasteiger partial charge >= 0.3 is 0 Å². The maximum atomic E-state index is 12.7. The van der Waals surface area contributed by atoms with Crippen molar-refractivity contribution in [3.63, 3.8) is 0 Å². The summed E-state index contributed by atoms with van der Waals surface area (Å²) in [7, 11) is 0. The van der Waals surface area contributed by atoms with Gasteiger partial charge in [0.25, 0.3) is 5.78 Å². The predicted molar refractivity (Wildman–Crippen MR) is 116 cm³/mol. The zero-order valence-electron chi connectivity index (χ0n) is 17.2. The summed E-state index contributed by atoms with van der Waals surface area (Å²) in [4.78, 5) is 21.3. The van der Waals surface area contributed by atoms with Crippen molar-refractivity contribution in [3.8, 4) is 0 Å². The lowest BCUT2D eigenvalue weighted by atomic mass is 9.91. The Morgan fingerprint density at radius 2 is 1.63 bits per heavy atom. The van der Waals surface area contributed by atoms with E-state index in [0.29, 0.717) is 25.2 Å². The van der Waals surface area contributed by atoms with Crippen LogP contribution in [-0.2, 0) is 11.2 Å². The highest BCUT2D eigenvalue weighted by atomic mass is 16.1. The minimum absolute atomic E-state index is 0.0318. The van der Waals surface area contributed by atoms with Gasteiger partial charge in [0.15, 0.2) is 0 Å². The highest BCUT2D eigenvalue weighted by molar-refractivity contribution is 5.76. The molecule has 0 bridgehead atoms. The number of fused-ring (bicyclic) bond motifs is 1. The lowest BCUT2D eigenvalue weighted by Gasteiger charge is -2.19. The lowest BCUT2D eigenvalue weighted by Crippen LogP contribution is -2.29. The van der Waals surface area contributed by atoms with E-state index in [4.69, 9.17) is 0 Å². The van der Waals surface area contributed by atoms with Gasteiger partial charge < -0.3 is 5.32 Å². The molecule has 4 rings (SSSR count). The molecule has 0 aliphatic rings. The Balaban J connectivity index is 1.43. The van der Waals surface area contributed by atoms with Crippen molar-refractivity contribution < 1.29 is 4.79 Å². The molecule has 0 fully saturated rings. The van der Waals surface area contributed by atoms with E-state index in [9.17, 15) is 4.79 Å². The molecule has 0 aliphatic carbocycles. The van der Waals surface area contributed by atoms with Crippen LogP contribution in [0.3, 0.4) is 0 Å². The van der Waals surface area contributed by atoms with E-state index in [1.54, 1.807) is 4.52 Å². The van der Waals surface area contributed by atoms with E-state index in [1.807, 2.05) is 50.2 Å². The highest BCUT2D eigenvalue weighted by Crippen LogP contribution is 2.23. The molecule has 0 saturated heterocycles. The zero-order valence-corrected chi connectivity index (χ0v) is 17.2. The van der Waals surface area contributed by atoms with Gasteiger partial charge in [-0.1, -0.05) is 60.7 Å². The number of rotatable bonds is 7. The number of amides is 1. The molecule has 0 unspecified atom stereocenters. The molecule has 4 aromatic rings. The fourth-order valence-electron chi connectivity index (χ4n) is 3.86. The van der Waals surface area contributed by atoms with Crippen LogP contribution in [-0.4, -0.2) is 32.0 Å². The Labute approximate surface area is 176 Å². The summed E-state index contributed by atoms with van der Waals surface area (Å²) < 4.78 is 1.72. The zero-order chi connectivity index (χ0) is 20.9. The van der Waals surface area contributed by atoms with Crippen LogP contribution in [0.1, 0.15) is 40.4 Å². The summed E-state index contributed by atoms with van der Waals surface area (Å²) in [6, 6.07) is 20.6. The van der Waals surface area contributed by atoms with Crippen molar-refractivity contribution >= 4 is 11.7 Å². The molecular formula is C24H25N5O. The van der Waals surface area contributed by atoms with Crippen molar-refractivity contribution in [2.45, 2.75) is 32.6 Å². The first-order valence-electron chi connectivity index (χ1n) is 10.2. The molecule has 0 saturated carbocycles. The van der Waals surface area contributed by atoms with Crippen LogP contribution in [0.25, 0.3) is 5.78 Å². The first-order chi connectivity index (χ1) is 14.6. The molecule has 2 heterocycles. The smallest absolute Gasteiger partial charge is 0.252 e. The predicted octanol–water partition coefficient (Wildman–Crippen LogP) is 3.62. The Morgan fingerprint density at radius 1 is 1.00 bits per heavy atom. The summed E-state index contributed by atoms with van der Waals surface area (Å²) in [6.45, 7) is 4.51. The van der Waals surface area contributed by atoms with Gasteiger partial charge in [0.05, 0.1) is 0 Å². The van der Waals surface area contributed by atoms with Crippen LogP contribution in [0, 0.1) is 13.8 Å². The first-order valence-corrected chi connectivity index (χ1v) is 10.2. The molecule has 0 atom stereocenters. The minimum atomic E-state index is 0.0318. The monoisotopic (exact) mass is 399 g/mol. The number of benzene rings is 2. The molecule has 30 heavy (non-hydrogen) atoms. The topological polar surface area (TPSA) is 72.2 Å². The molecule has 1 amide bonds. The Bertz CT molecular complexity index is 1100. The number of carbonyl (C=O) groups excluding carboxylic acids is 1. The number of nitrogens with zero attached hydrogens (tertiary/aromatic N) is 4. The number of hydrogen-bond donors (Lipinski definition) is 1. The second-order valence-electron chi connectivity index (χ2n) is 7.41. The number of nitrogens with one attached hydrogen (secondary N) is 1. The van der Waals surface area contributed by atoms with Gasteiger partial charge in [-0.15, -0.1) is 0 Å². The summed E-state index contributed by atoms with van der Waals surface area (Å²) in [5.74, 6) is 0.740. The Hall–Kier alpha value is -3.54. The molecule has 6 nitrogen and oxygen atoms in total. The molecule has 152 valence electrons. The van der Waals surface area contributed by atoms with Crippen LogP contribution in [0.2, 0.25) is 0 Å². The minimum Gasteiger partial charge on any atom is -0.355 e. The van der Waals surface area contributed by atoms with E-state index in [0.717, 1.165) is 17.0 Å². The molecule has 2 aromatic heterocycles. The van der Waals surface area contributed by atoms with Gasteiger partial charge in [0.2, 0.25) is 5.91 Å². The summed E-state index contributed by atoms with van der Waals surface area (Å²) in [5, 5.41) is 7.34. The Morgan fingerprint density at radius 3 is 2.27 bits per heavy atom. The van der Waals surface area contributed by atoms with Crippen molar-refractivity contribution in [2.75, 3.05) is 6.54 Å². The molecule has 1 N–H and O–H groups in total. The van der Waals surface area contributed by atoms with Crippen LogP contribution in [0.5, 0.6) is 0 Å². The maximum absolute atomic E-state index is 12.7. The van der Waals surface area contributed by atoms with Gasteiger partial charge in [0.1, 0.15) is 6.33 Å². The Kier molecular flexibility index (Phi) is 5.84. The summed E-state index contributed by atoms with van der Waals surface area (Å²) in [5.41, 5.74) is 5.31. The molecular weight excluding hydrogens is 374 g/mol. The third kappa shape index (κ3) is 4.22. The van der Waals surface area contributed by atoms with Crippen LogP contribution in [0.15, 0.2) is 67.0 Å². The van der Waals surface area contributed by atoms with Crippen molar-refractivity contribution in [1.29, 1.82) is 0 Å². The summed E-state index contributed by atoms with van der Waals surface area (Å²) >= 11 is 0. The third-order valence-electron chi connectivity index (χ3n) is 5.50. The van der Waals surface area contributed by atoms with Crippen LogP contribution in [0.4, 0.5) is 0 Å². The largest absolute Gasteiger partial charge is 0.355 e. The van der Waals surface area contributed by atoms with Gasteiger partial charge in [-0.2, -0.15) is 10.1 Å². The standard InChI is InChI=1S/C24H25N5O/c1-17-21(18(2)29-24(28-17)26-16-27-29)13-14-23(30)25-15-22(19-9-5-3-6-10-19)20-11-7-4-8-12-20/h3-12,16,22H,13-15H2,1-2H3,(H,25,30).